The Balaban J connectivity index is 2.87. The van der Waals surface area contributed by atoms with Gasteiger partial charge in [-0.2, -0.15) is 0 Å². The first-order valence-corrected chi connectivity index (χ1v) is 6.90. The number of hydrogen-bond acceptors (Lipinski definition) is 4. The predicted molar refractivity (Wildman–Crippen MR) is 66.9 cm³/mol. The second-order valence-corrected chi connectivity index (χ2v) is 5.93. The van der Waals surface area contributed by atoms with E-state index in [2.05, 4.69) is 0 Å². The van der Waals surface area contributed by atoms with E-state index >= 15 is 0 Å². The minimum absolute atomic E-state index is 0.0787. The Morgan fingerprint density at radius 2 is 2.00 bits per heavy atom. The predicted octanol–water partition coefficient (Wildman–Crippen LogP) is 0.118. The SMILES string of the molecule is NC(=O)C(O)CNS(=O)(=O)c1ccc(Cl)c(Cl)c1. The Morgan fingerprint density at radius 1 is 1.39 bits per heavy atom. The third kappa shape index (κ3) is 3.82. The first-order valence-electron chi connectivity index (χ1n) is 4.66. The van der Waals surface area contributed by atoms with Gasteiger partial charge in [0.2, 0.25) is 15.9 Å². The summed E-state index contributed by atoms with van der Waals surface area (Å²) in [6.07, 6.45) is -1.59. The van der Waals surface area contributed by atoms with Crippen molar-refractivity contribution in [1.82, 2.24) is 4.72 Å². The average molecular weight is 313 g/mol. The summed E-state index contributed by atoms with van der Waals surface area (Å²) in [4.78, 5) is 10.4. The van der Waals surface area contributed by atoms with Crippen molar-refractivity contribution >= 4 is 39.1 Å². The van der Waals surface area contributed by atoms with Gasteiger partial charge in [0, 0.05) is 6.54 Å². The molecule has 1 amide bonds. The number of nitrogens with two attached hydrogens (primary N) is 1. The smallest absolute Gasteiger partial charge is 0.247 e. The molecule has 0 spiro atoms. The highest BCUT2D eigenvalue weighted by Crippen LogP contribution is 2.24. The second kappa shape index (κ2) is 5.85. The Morgan fingerprint density at radius 3 is 2.50 bits per heavy atom. The number of sulfonamides is 1. The van der Waals surface area contributed by atoms with Gasteiger partial charge in [-0.1, -0.05) is 23.2 Å². The molecule has 0 aliphatic heterocycles. The van der Waals surface area contributed by atoms with Crippen LogP contribution in [0.4, 0.5) is 0 Å². The van der Waals surface area contributed by atoms with Gasteiger partial charge in [0.25, 0.3) is 0 Å². The van der Waals surface area contributed by atoms with Crippen LogP contribution < -0.4 is 10.5 Å². The lowest BCUT2D eigenvalue weighted by Gasteiger charge is -2.09. The maximum Gasteiger partial charge on any atom is 0.247 e. The zero-order valence-electron chi connectivity index (χ0n) is 8.93. The lowest BCUT2D eigenvalue weighted by Crippen LogP contribution is -2.39. The van der Waals surface area contributed by atoms with Gasteiger partial charge in [0.15, 0.2) is 0 Å². The highest BCUT2D eigenvalue weighted by Gasteiger charge is 2.19. The fourth-order valence-corrected chi connectivity index (χ4v) is 2.44. The normalized spacial score (nSPS) is 13.3. The van der Waals surface area contributed by atoms with Crippen LogP contribution >= 0.6 is 23.2 Å². The minimum atomic E-state index is -3.89. The number of carbonyl (C=O) groups excluding carboxylic acids is 1. The number of aliphatic hydroxyl groups is 1. The number of aliphatic hydroxyl groups excluding tert-OH is 1. The van der Waals surface area contributed by atoms with Crippen LogP contribution in [0.2, 0.25) is 10.0 Å². The van der Waals surface area contributed by atoms with Gasteiger partial charge in [0.05, 0.1) is 14.9 Å². The second-order valence-electron chi connectivity index (χ2n) is 3.35. The summed E-state index contributed by atoms with van der Waals surface area (Å²) in [6.45, 7) is -0.516. The molecule has 6 nitrogen and oxygen atoms in total. The van der Waals surface area contributed by atoms with Gasteiger partial charge in [-0.3, -0.25) is 4.79 Å². The van der Waals surface area contributed by atoms with Gasteiger partial charge in [-0.25, -0.2) is 13.1 Å². The molecule has 0 aliphatic rings. The summed E-state index contributed by atoms with van der Waals surface area (Å²) < 4.78 is 25.5. The molecule has 4 N–H and O–H groups in total. The van der Waals surface area contributed by atoms with Gasteiger partial charge >= 0.3 is 0 Å². The molecule has 1 rings (SSSR count). The van der Waals surface area contributed by atoms with E-state index in [-0.39, 0.29) is 14.9 Å². The number of benzene rings is 1. The van der Waals surface area contributed by atoms with Crippen molar-refractivity contribution < 1.29 is 18.3 Å². The highest BCUT2D eigenvalue weighted by molar-refractivity contribution is 7.89. The number of halogens is 2. The van der Waals surface area contributed by atoms with E-state index in [1.165, 1.54) is 12.1 Å². The van der Waals surface area contributed by atoms with E-state index in [0.29, 0.717) is 0 Å². The van der Waals surface area contributed by atoms with Gasteiger partial charge in [-0.15, -0.1) is 0 Å². The van der Waals surface area contributed by atoms with Crippen LogP contribution in [0.5, 0.6) is 0 Å². The average Bonchev–Trinajstić information content (AvgIpc) is 2.29. The number of primary amides is 1. The lowest BCUT2D eigenvalue weighted by atomic mass is 10.3. The quantitative estimate of drug-likeness (QED) is 0.717. The molecule has 0 fully saturated rings. The highest BCUT2D eigenvalue weighted by atomic mass is 35.5. The van der Waals surface area contributed by atoms with E-state index in [9.17, 15) is 13.2 Å². The van der Waals surface area contributed by atoms with E-state index in [0.717, 1.165) is 6.07 Å². The molecular weight excluding hydrogens is 303 g/mol. The standard InChI is InChI=1S/C9H10Cl2N2O4S/c10-6-2-1-5(3-7(6)11)18(16,17)13-4-8(14)9(12)15/h1-3,8,13-14H,4H2,(H2,12,15). The molecule has 1 aromatic rings. The van der Waals surface area contributed by atoms with Crippen molar-refractivity contribution in [2.75, 3.05) is 6.54 Å². The molecule has 0 bridgehead atoms. The molecule has 0 aromatic heterocycles. The molecule has 0 saturated heterocycles. The Kier molecular flexibility index (Phi) is 4.94. The summed E-state index contributed by atoms with van der Waals surface area (Å²) in [6, 6.07) is 3.72. The van der Waals surface area contributed by atoms with Crippen molar-refractivity contribution in [2.24, 2.45) is 5.73 Å². The number of carbonyl (C=O) groups is 1. The zero-order valence-corrected chi connectivity index (χ0v) is 11.3. The number of rotatable bonds is 5. The van der Waals surface area contributed by atoms with Gasteiger partial charge in [-0.05, 0) is 18.2 Å². The summed E-state index contributed by atoms with van der Waals surface area (Å²) in [5.74, 6) is -1.02. The zero-order chi connectivity index (χ0) is 13.9. The van der Waals surface area contributed by atoms with Crippen LogP contribution in [0.15, 0.2) is 23.1 Å². The molecule has 1 unspecified atom stereocenters. The van der Waals surface area contributed by atoms with Crippen LogP contribution in [0.25, 0.3) is 0 Å². The topological polar surface area (TPSA) is 109 Å². The van der Waals surface area contributed by atoms with Crippen molar-refractivity contribution in [2.45, 2.75) is 11.0 Å². The number of hydrogen-bond donors (Lipinski definition) is 3. The van der Waals surface area contributed by atoms with Crippen LogP contribution in [-0.2, 0) is 14.8 Å². The maximum absolute atomic E-state index is 11.7. The van der Waals surface area contributed by atoms with Crippen LogP contribution in [0.1, 0.15) is 0 Å². The molecular formula is C9H10Cl2N2O4S. The van der Waals surface area contributed by atoms with E-state index in [1.807, 2.05) is 4.72 Å². The van der Waals surface area contributed by atoms with Crippen LogP contribution in [-0.4, -0.2) is 32.1 Å². The van der Waals surface area contributed by atoms with E-state index in [1.54, 1.807) is 0 Å². The Hall–Kier alpha value is -0.860. The van der Waals surface area contributed by atoms with Crippen molar-refractivity contribution in [1.29, 1.82) is 0 Å². The van der Waals surface area contributed by atoms with E-state index < -0.39 is 28.6 Å². The fraction of sp³-hybridized carbons (Fsp3) is 0.222. The molecule has 0 heterocycles. The molecule has 0 radical (unpaired) electrons. The van der Waals surface area contributed by atoms with Crippen molar-refractivity contribution in [3.05, 3.63) is 28.2 Å². The van der Waals surface area contributed by atoms with Gasteiger partial charge < -0.3 is 10.8 Å². The third-order valence-electron chi connectivity index (χ3n) is 2.00. The molecule has 18 heavy (non-hydrogen) atoms. The van der Waals surface area contributed by atoms with Gasteiger partial charge in [0.1, 0.15) is 6.10 Å². The first kappa shape index (κ1) is 15.2. The Bertz CT molecular complexity index is 562. The summed E-state index contributed by atoms with van der Waals surface area (Å²) >= 11 is 11.3. The largest absolute Gasteiger partial charge is 0.382 e. The Labute approximate surface area is 114 Å². The van der Waals surface area contributed by atoms with Crippen molar-refractivity contribution in [3.8, 4) is 0 Å². The van der Waals surface area contributed by atoms with Crippen LogP contribution in [0, 0.1) is 0 Å². The molecule has 0 aliphatic carbocycles. The minimum Gasteiger partial charge on any atom is -0.382 e. The summed E-state index contributed by atoms with van der Waals surface area (Å²) in [5, 5.41) is 9.38. The third-order valence-corrected chi connectivity index (χ3v) is 4.16. The van der Waals surface area contributed by atoms with E-state index in [4.69, 9.17) is 34.0 Å². The maximum atomic E-state index is 11.7. The summed E-state index contributed by atoms with van der Waals surface area (Å²) in [7, 11) is -3.89. The van der Waals surface area contributed by atoms with Crippen molar-refractivity contribution in [3.63, 3.8) is 0 Å². The lowest BCUT2D eigenvalue weighted by molar-refractivity contribution is -0.125. The molecule has 0 saturated carbocycles. The molecule has 1 atom stereocenters. The molecule has 100 valence electrons. The van der Waals surface area contributed by atoms with Crippen LogP contribution in [0.3, 0.4) is 0 Å². The number of amides is 1. The summed E-state index contributed by atoms with van der Waals surface area (Å²) in [5.41, 5.74) is 4.79. The molecule has 1 aromatic carbocycles. The monoisotopic (exact) mass is 312 g/mol. The molecule has 9 heteroatoms. The first-order chi connectivity index (χ1) is 8.24. The fourth-order valence-electron chi connectivity index (χ4n) is 1.02. The number of nitrogens with one attached hydrogen (secondary N) is 1.